The molecule has 5 heteroatoms. The molecule has 1 N–H and O–H groups in total. The minimum atomic E-state index is -0.405. The number of pyridine rings is 1. The van der Waals surface area contributed by atoms with Crippen molar-refractivity contribution in [2.75, 3.05) is 7.11 Å². The van der Waals surface area contributed by atoms with Gasteiger partial charge in [0.2, 0.25) is 0 Å². The maximum atomic E-state index is 11.0. The molecule has 4 nitrogen and oxygen atoms in total. The van der Waals surface area contributed by atoms with E-state index in [0.29, 0.717) is 5.69 Å². The van der Waals surface area contributed by atoms with Gasteiger partial charge in [0.15, 0.2) is 5.43 Å². The third-order valence-corrected chi connectivity index (χ3v) is 1.78. The predicted molar refractivity (Wildman–Crippen MR) is 47.8 cm³/mol. The molecule has 1 aromatic rings. The smallest absolute Gasteiger partial charge is 0.311 e. The number of esters is 1. The number of aromatic amines is 1. The third kappa shape index (κ3) is 2.59. The van der Waals surface area contributed by atoms with Gasteiger partial charge in [-0.25, -0.2) is 0 Å². The van der Waals surface area contributed by atoms with Crippen LogP contribution in [0.4, 0.5) is 0 Å². The van der Waals surface area contributed by atoms with E-state index in [9.17, 15) is 9.59 Å². The Bertz CT molecular complexity index is 372. The molecule has 0 aliphatic carbocycles. The Labute approximate surface area is 79.5 Å². The van der Waals surface area contributed by atoms with Crippen LogP contribution in [0.3, 0.4) is 0 Å². The number of aromatic nitrogens is 1. The Morgan fingerprint density at radius 3 is 2.92 bits per heavy atom. The molecule has 0 unspecified atom stereocenters. The maximum absolute atomic E-state index is 11.0. The van der Waals surface area contributed by atoms with E-state index in [1.54, 1.807) is 0 Å². The highest BCUT2D eigenvalue weighted by Gasteiger charge is 2.04. The lowest BCUT2D eigenvalue weighted by atomic mass is 10.3. The lowest BCUT2D eigenvalue weighted by Crippen LogP contribution is -2.10. The van der Waals surface area contributed by atoms with Gasteiger partial charge in [-0.05, 0) is 0 Å². The second-order valence-corrected chi connectivity index (χ2v) is 2.83. The van der Waals surface area contributed by atoms with E-state index in [-0.39, 0.29) is 16.9 Å². The van der Waals surface area contributed by atoms with Crippen LogP contribution in [0.1, 0.15) is 5.69 Å². The molecule has 0 spiro atoms. The lowest BCUT2D eigenvalue weighted by Gasteiger charge is -1.99. The molecule has 0 aliphatic rings. The zero-order valence-electron chi connectivity index (χ0n) is 6.96. The summed E-state index contributed by atoms with van der Waals surface area (Å²) in [6.45, 7) is 0. The normalized spacial score (nSPS) is 9.69. The van der Waals surface area contributed by atoms with Crippen LogP contribution >= 0.6 is 11.6 Å². The fourth-order valence-corrected chi connectivity index (χ4v) is 0.935. The van der Waals surface area contributed by atoms with E-state index in [2.05, 4.69) is 9.72 Å². The summed E-state index contributed by atoms with van der Waals surface area (Å²) in [6.07, 6.45) is 1.39. The second-order valence-electron chi connectivity index (χ2n) is 2.42. The summed E-state index contributed by atoms with van der Waals surface area (Å²) in [5, 5.41) is 0.105. The molecule has 1 rings (SSSR count). The summed E-state index contributed by atoms with van der Waals surface area (Å²) in [7, 11) is 1.29. The maximum Gasteiger partial charge on any atom is 0.311 e. The van der Waals surface area contributed by atoms with E-state index in [4.69, 9.17) is 11.6 Å². The molecule has 0 saturated carbocycles. The number of hydrogen-bond donors (Lipinski definition) is 1. The van der Waals surface area contributed by atoms with Crippen molar-refractivity contribution in [3.63, 3.8) is 0 Å². The average Bonchev–Trinajstić information content (AvgIpc) is 2.11. The van der Waals surface area contributed by atoms with Gasteiger partial charge in [0.25, 0.3) is 0 Å². The molecular formula is C8H8ClNO3. The van der Waals surface area contributed by atoms with Crippen LogP contribution < -0.4 is 5.43 Å². The summed E-state index contributed by atoms with van der Waals surface area (Å²) in [6, 6.07) is 1.28. The molecule has 13 heavy (non-hydrogen) atoms. The Hall–Kier alpha value is -1.29. The van der Waals surface area contributed by atoms with Crippen molar-refractivity contribution in [1.82, 2.24) is 4.98 Å². The Balaban J connectivity index is 2.86. The number of carbonyl (C=O) groups excluding carboxylic acids is 1. The van der Waals surface area contributed by atoms with E-state index in [1.807, 2.05) is 0 Å². The van der Waals surface area contributed by atoms with Crippen LogP contribution in [0, 0.1) is 0 Å². The number of nitrogens with one attached hydrogen (secondary N) is 1. The highest BCUT2D eigenvalue weighted by molar-refractivity contribution is 6.30. The number of halogens is 1. The summed E-state index contributed by atoms with van der Waals surface area (Å²) in [4.78, 5) is 24.5. The van der Waals surface area contributed by atoms with Crippen molar-refractivity contribution >= 4 is 17.6 Å². The molecule has 70 valence electrons. The van der Waals surface area contributed by atoms with Gasteiger partial charge < -0.3 is 9.72 Å². The number of H-pyrrole nitrogens is 1. The first-order valence-electron chi connectivity index (χ1n) is 3.57. The zero-order chi connectivity index (χ0) is 9.84. The standard InChI is InChI=1S/C8H8ClNO3/c1-13-8(12)3-5-2-7(11)6(9)4-10-5/h2,4H,3H2,1H3,(H,10,11). The van der Waals surface area contributed by atoms with Gasteiger partial charge in [-0.1, -0.05) is 11.6 Å². The molecule has 0 atom stereocenters. The predicted octanol–water partition coefficient (Wildman–Crippen LogP) is 0.744. The van der Waals surface area contributed by atoms with E-state index >= 15 is 0 Å². The minimum Gasteiger partial charge on any atom is -0.469 e. The minimum absolute atomic E-state index is 0.0446. The number of carbonyl (C=O) groups is 1. The van der Waals surface area contributed by atoms with Crippen molar-refractivity contribution in [1.29, 1.82) is 0 Å². The van der Waals surface area contributed by atoms with Gasteiger partial charge >= 0.3 is 5.97 Å². The van der Waals surface area contributed by atoms with Crippen LogP contribution in [0.2, 0.25) is 5.02 Å². The Kier molecular flexibility index (Phi) is 3.08. The number of methoxy groups -OCH3 is 1. The lowest BCUT2D eigenvalue weighted by molar-refractivity contribution is -0.139. The molecule has 0 fully saturated rings. The van der Waals surface area contributed by atoms with Gasteiger partial charge in [-0.15, -0.1) is 0 Å². The molecule has 0 bridgehead atoms. The fourth-order valence-electron chi connectivity index (χ4n) is 0.826. The highest BCUT2D eigenvalue weighted by atomic mass is 35.5. The second kappa shape index (κ2) is 4.09. The molecule has 0 aliphatic heterocycles. The van der Waals surface area contributed by atoms with Crippen LogP contribution in [-0.4, -0.2) is 18.1 Å². The molecule has 1 aromatic heterocycles. The molecule has 0 amide bonds. The Morgan fingerprint density at radius 2 is 2.38 bits per heavy atom. The average molecular weight is 202 g/mol. The van der Waals surface area contributed by atoms with Crippen molar-refractivity contribution in [2.45, 2.75) is 6.42 Å². The van der Waals surface area contributed by atoms with E-state index in [0.717, 1.165) is 0 Å². The van der Waals surface area contributed by atoms with Crippen molar-refractivity contribution < 1.29 is 9.53 Å². The molecule has 0 radical (unpaired) electrons. The largest absolute Gasteiger partial charge is 0.469 e. The van der Waals surface area contributed by atoms with E-state index in [1.165, 1.54) is 19.4 Å². The quantitative estimate of drug-likeness (QED) is 0.719. The summed E-state index contributed by atoms with van der Waals surface area (Å²) < 4.78 is 4.43. The van der Waals surface area contributed by atoms with Crippen LogP contribution in [0.25, 0.3) is 0 Å². The van der Waals surface area contributed by atoms with Crippen LogP contribution in [0.15, 0.2) is 17.1 Å². The Morgan fingerprint density at radius 1 is 1.69 bits per heavy atom. The number of rotatable bonds is 2. The van der Waals surface area contributed by atoms with Crippen LogP contribution in [0.5, 0.6) is 0 Å². The first-order valence-corrected chi connectivity index (χ1v) is 3.95. The van der Waals surface area contributed by atoms with Crippen LogP contribution in [-0.2, 0) is 16.0 Å². The first-order chi connectivity index (χ1) is 6.13. The monoisotopic (exact) mass is 201 g/mol. The molecular weight excluding hydrogens is 194 g/mol. The van der Waals surface area contributed by atoms with Crippen molar-refractivity contribution in [2.24, 2.45) is 0 Å². The number of ether oxygens (including phenoxy) is 1. The SMILES string of the molecule is COC(=O)Cc1cc(=O)c(Cl)c[nH]1. The van der Waals surface area contributed by atoms with Gasteiger partial charge in [0.1, 0.15) is 5.02 Å². The van der Waals surface area contributed by atoms with Crippen molar-refractivity contribution in [3.8, 4) is 0 Å². The third-order valence-electron chi connectivity index (χ3n) is 1.49. The number of hydrogen-bond acceptors (Lipinski definition) is 3. The van der Waals surface area contributed by atoms with Crippen molar-refractivity contribution in [3.05, 3.63) is 33.2 Å². The molecule has 1 heterocycles. The summed E-state index contributed by atoms with van der Waals surface area (Å²) in [5.74, 6) is -0.405. The summed E-state index contributed by atoms with van der Waals surface area (Å²) >= 11 is 5.49. The fraction of sp³-hybridized carbons (Fsp3) is 0.250. The highest BCUT2D eigenvalue weighted by Crippen LogP contribution is 2.00. The molecule has 0 saturated heterocycles. The van der Waals surface area contributed by atoms with Gasteiger partial charge in [-0.2, -0.15) is 0 Å². The van der Waals surface area contributed by atoms with E-state index < -0.39 is 5.97 Å². The summed E-state index contributed by atoms with van der Waals surface area (Å²) in [5.41, 5.74) is 0.181. The molecule has 0 aromatic carbocycles. The van der Waals surface area contributed by atoms with Gasteiger partial charge in [0, 0.05) is 18.0 Å². The zero-order valence-corrected chi connectivity index (χ0v) is 7.72. The first kappa shape index (κ1) is 9.80. The van der Waals surface area contributed by atoms with Gasteiger partial charge in [0.05, 0.1) is 13.5 Å². The van der Waals surface area contributed by atoms with Gasteiger partial charge in [-0.3, -0.25) is 9.59 Å². The topological polar surface area (TPSA) is 59.2 Å².